The molecule has 0 rings (SSSR count). The Hall–Kier alpha value is -0.120. The van der Waals surface area contributed by atoms with E-state index in [1.54, 1.807) is 7.11 Å². The van der Waals surface area contributed by atoms with Crippen molar-refractivity contribution < 1.29 is 9.47 Å². The summed E-state index contributed by atoms with van der Waals surface area (Å²) in [5.74, 6) is 0. The summed E-state index contributed by atoms with van der Waals surface area (Å²) in [6.07, 6.45) is 10.1. The highest BCUT2D eigenvalue weighted by molar-refractivity contribution is 4.51. The van der Waals surface area contributed by atoms with Crippen LogP contribution in [0.25, 0.3) is 0 Å². The molecule has 0 radical (unpaired) electrons. The number of rotatable bonds is 12. The average molecular weight is 231 g/mol. The summed E-state index contributed by atoms with van der Waals surface area (Å²) >= 11 is 0. The zero-order valence-corrected chi connectivity index (χ0v) is 11.0. The summed E-state index contributed by atoms with van der Waals surface area (Å²) in [4.78, 5) is 0. The lowest BCUT2D eigenvalue weighted by Crippen LogP contribution is -2.25. The van der Waals surface area contributed by atoms with Gasteiger partial charge in [-0.3, -0.25) is 0 Å². The molecule has 0 spiro atoms. The molecule has 0 aliphatic carbocycles. The Balaban J connectivity index is 3.06. The van der Waals surface area contributed by atoms with Gasteiger partial charge in [0.15, 0.2) is 0 Å². The first-order valence-electron chi connectivity index (χ1n) is 6.67. The van der Waals surface area contributed by atoms with E-state index in [2.05, 4.69) is 6.92 Å². The first kappa shape index (κ1) is 15.9. The molecule has 0 aliphatic rings. The van der Waals surface area contributed by atoms with Crippen LogP contribution in [0.4, 0.5) is 0 Å². The van der Waals surface area contributed by atoms with E-state index in [4.69, 9.17) is 15.2 Å². The van der Waals surface area contributed by atoms with Crippen molar-refractivity contribution in [2.24, 2.45) is 5.73 Å². The highest BCUT2D eigenvalue weighted by atomic mass is 16.5. The molecule has 0 aromatic carbocycles. The summed E-state index contributed by atoms with van der Waals surface area (Å²) < 4.78 is 10.3. The van der Waals surface area contributed by atoms with Crippen LogP contribution in [0.1, 0.15) is 58.3 Å². The van der Waals surface area contributed by atoms with Gasteiger partial charge < -0.3 is 15.2 Å². The lowest BCUT2D eigenvalue weighted by Gasteiger charge is -2.12. The smallest absolute Gasteiger partial charge is 0.105 e. The highest BCUT2D eigenvalue weighted by Crippen LogP contribution is 2.09. The van der Waals surface area contributed by atoms with E-state index >= 15 is 0 Å². The summed E-state index contributed by atoms with van der Waals surface area (Å²) in [6.45, 7) is 3.48. The molecular weight excluding hydrogens is 202 g/mol. The summed E-state index contributed by atoms with van der Waals surface area (Å²) in [5.41, 5.74) is 5.80. The normalized spacial score (nSPS) is 12.9. The third kappa shape index (κ3) is 12.0. The van der Waals surface area contributed by atoms with E-state index < -0.39 is 0 Å². The van der Waals surface area contributed by atoms with Gasteiger partial charge >= 0.3 is 0 Å². The fourth-order valence-corrected chi connectivity index (χ4v) is 1.67. The van der Waals surface area contributed by atoms with Gasteiger partial charge in [-0.05, 0) is 12.8 Å². The van der Waals surface area contributed by atoms with Crippen molar-refractivity contribution in [3.8, 4) is 0 Å². The van der Waals surface area contributed by atoms with Gasteiger partial charge in [-0.15, -0.1) is 0 Å². The van der Waals surface area contributed by atoms with Crippen LogP contribution in [0.2, 0.25) is 0 Å². The predicted molar refractivity (Wildman–Crippen MR) is 68.4 cm³/mol. The van der Waals surface area contributed by atoms with Crippen molar-refractivity contribution in [1.29, 1.82) is 0 Å². The summed E-state index contributed by atoms with van der Waals surface area (Å²) in [5, 5.41) is 0. The molecule has 0 saturated carbocycles. The lowest BCUT2D eigenvalue weighted by molar-refractivity contribution is 0.0154. The van der Waals surface area contributed by atoms with Gasteiger partial charge in [-0.2, -0.15) is 0 Å². The number of nitrogens with two attached hydrogens (primary N) is 1. The minimum atomic E-state index is -0.106. The van der Waals surface area contributed by atoms with E-state index in [0.717, 1.165) is 6.42 Å². The van der Waals surface area contributed by atoms with Gasteiger partial charge in [-0.25, -0.2) is 0 Å². The fourth-order valence-electron chi connectivity index (χ4n) is 1.67. The molecule has 0 aromatic rings. The van der Waals surface area contributed by atoms with Gasteiger partial charge in [0.25, 0.3) is 0 Å². The van der Waals surface area contributed by atoms with E-state index in [0.29, 0.717) is 13.2 Å². The Morgan fingerprint density at radius 3 is 2.19 bits per heavy atom. The number of unbranched alkanes of at least 4 members (excludes halogenated alkanes) is 6. The van der Waals surface area contributed by atoms with Crippen molar-refractivity contribution in [3.05, 3.63) is 0 Å². The minimum absolute atomic E-state index is 0.106. The third-order valence-corrected chi connectivity index (χ3v) is 2.71. The standard InChI is InChI=1S/C13H29NO2/c1-3-4-5-6-7-8-9-10-13(14)16-12-11-15-2/h13H,3-12,14H2,1-2H3. The molecule has 0 aromatic heterocycles. The molecule has 1 atom stereocenters. The van der Waals surface area contributed by atoms with Gasteiger partial charge in [0.1, 0.15) is 6.23 Å². The maximum atomic E-state index is 5.80. The maximum Gasteiger partial charge on any atom is 0.105 e. The van der Waals surface area contributed by atoms with Crippen molar-refractivity contribution in [3.63, 3.8) is 0 Å². The highest BCUT2D eigenvalue weighted by Gasteiger charge is 2.01. The van der Waals surface area contributed by atoms with E-state index in [1.807, 2.05) is 0 Å². The zero-order valence-electron chi connectivity index (χ0n) is 11.0. The van der Waals surface area contributed by atoms with E-state index in [1.165, 1.54) is 44.9 Å². The van der Waals surface area contributed by atoms with Crippen molar-refractivity contribution in [2.75, 3.05) is 20.3 Å². The fraction of sp³-hybridized carbons (Fsp3) is 1.00. The second-order valence-electron chi connectivity index (χ2n) is 4.31. The van der Waals surface area contributed by atoms with Gasteiger partial charge in [0, 0.05) is 7.11 Å². The topological polar surface area (TPSA) is 44.5 Å². The summed E-state index contributed by atoms with van der Waals surface area (Å²) in [6, 6.07) is 0. The lowest BCUT2D eigenvalue weighted by atomic mass is 10.1. The van der Waals surface area contributed by atoms with Crippen LogP contribution < -0.4 is 5.73 Å². The molecular formula is C13H29NO2. The molecule has 0 fully saturated rings. The Labute approximate surface area is 101 Å². The largest absolute Gasteiger partial charge is 0.382 e. The monoisotopic (exact) mass is 231 g/mol. The average Bonchev–Trinajstić information content (AvgIpc) is 2.28. The molecule has 3 heteroatoms. The van der Waals surface area contributed by atoms with Crippen LogP contribution >= 0.6 is 0 Å². The van der Waals surface area contributed by atoms with Gasteiger partial charge in [0.05, 0.1) is 13.2 Å². The number of hydrogen-bond donors (Lipinski definition) is 1. The Morgan fingerprint density at radius 1 is 0.938 bits per heavy atom. The van der Waals surface area contributed by atoms with Crippen LogP contribution in [-0.2, 0) is 9.47 Å². The third-order valence-electron chi connectivity index (χ3n) is 2.71. The second-order valence-corrected chi connectivity index (χ2v) is 4.31. The van der Waals surface area contributed by atoms with Crippen molar-refractivity contribution >= 4 is 0 Å². The molecule has 3 nitrogen and oxygen atoms in total. The van der Waals surface area contributed by atoms with E-state index in [-0.39, 0.29) is 6.23 Å². The predicted octanol–water partition coefficient (Wildman–Crippen LogP) is 3.07. The summed E-state index contributed by atoms with van der Waals surface area (Å²) in [7, 11) is 1.67. The van der Waals surface area contributed by atoms with Crippen molar-refractivity contribution in [1.82, 2.24) is 0 Å². The Morgan fingerprint density at radius 2 is 1.56 bits per heavy atom. The second kappa shape index (κ2) is 12.9. The molecule has 0 amide bonds. The first-order valence-corrected chi connectivity index (χ1v) is 6.67. The minimum Gasteiger partial charge on any atom is -0.382 e. The SMILES string of the molecule is CCCCCCCCCC(N)OCCOC. The number of ether oxygens (including phenoxy) is 2. The van der Waals surface area contributed by atoms with Crippen LogP contribution in [-0.4, -0.2) is 26.6 Å². The molecule has 16 heavy (non-hydrogen) atoms. The Bertz CT molecular complexity index is 131. The molecule has 0 saturated heterocycles. The number of hydrogen-bond acceptors (Lipinski definition) is 3. The molecule has 0 bridgehead atoms. The molecule has 0 heterocycles. The van der Waals surface area contributed by atoms with Gasteiger partial charge in [-0.1, -0.05) is 45.4 Å². The molecule has 2 N–H and O–H groups in total. The van der Waals surface area contributed by atoms with Crippen molar-refractivity contribution in [2.45, 2.75) is 64.5 Å². The van der Waals surface area contributed by atoms with E-state index in [9.17, 15) is 0 Å². The quantitative estimate of drug-likeness (QED) is 0.415. The Kier molecular flexibility index (Phi) is 12.9. The van der Waals surface area contributed by atoms with Crippen LogP contribution in [0.5, 0.6) is 0 Å². The van der Waals surface area contributed by atoms with Crippen LogP contribution in [0.15, 0.2) is 0 Å². The zero-order chi connectivity index (χ0) is 12.1. The van der Waals surface area contributed by atoms with Crippen LogP contribution in [0, 0.1) is 0 Å². The number of methoxy groups -OCH3 is 1. The molecule has 1 unspecified atom stereocenters. The molecule has 98 valence electrons. The maximum absolute atomic E-state index is 5.80. The van der Waals surface area contributed by atoms with Crippen LogP contribution in [0.3, 0.4) is 0 Å². The molecule has 0 aliphatic heterocycles. The van der Waals surface area contributed by atoms with Gasteiger partial charge in [0.2, 0.25) is 0 Å². The first-order chi connectivity index (χ1) is 7.81.